The van der Waals surface area contributed by atoms with Crippen LogP contribution < -0.4 is 5.32 Å². The third-order valence-corrected chi connectivity index (χ3v) is 1.95. The summed E-state index contributed by atoms with van der Waals surface area (Å²) in [6, 6.07) is 0. The molecule has 0 atom stereocenters. The number of rotatable bonds is 4. The zero-order chi connectivity index (χ0) is 11.3. The molecule has 7 nitrogen and oxygen atoms in total. The smallest absolute Gasteiger partial charge is 0.377 e. The summed E-state index contributed by atoms with van der Waals surface area (Å²) < 4.78 is 12.7. The second-order valence-electron chi connectivity index (χ2n) is 2.40. The van der Waals surface area contributed by atoms with Gasteiger partial charge in [0.25, 0.3) is 11.7 Å². The molecule has 0 unspecified atom stereocenters. The Morgan fingerprint density at radius 1 is 1.47 bits per heavy atom. The van der Waals surface area contributed by atoms with Crippen molar-refractivity contribution in [1.82, 2.24) is 9.36 Å². The van der Waals surface area contributed by atoms with Gasteiger partial charge in [-0.25, -0.2) is 4.79 Å². The van der Waals surface area contributed by atoms with Crippen molar-refractivity contribution in [3.63, 3.8) is 0 Å². The molecule has 1 N–H and O–H groups in total. The van der Waals surface area contributed by atoms with E-state index in [9.17, 15) is 9.59 Å². The first-order chi connectivity index (χ1) is 7.17. The van der Waals surface area contributed by atoms with Crippen molar-refractivity contribution in [2.24, 2.45) is 0 Å². The summed E-state index contributed by atoms with van der Waals surface area (Å²) in [7, 11) is 2.63. The molecule has 1 aromatic heterocycles. The molecule has 1 rings (SSSR count). The first-order valence-electron chi connectivity index (χ1n) is 3.88. The number of nitrogens with one attached hydrogen (secondary N) is 1. The van der Waals surface area contributed by atoms with Crippen LogP contribution in [-0.4, -0.2) is 42.1 Å². The summed E-state index contributed by atoms with van der Waals surface area (Å²) in [5, 5.41) is 2.65. The number of carbonyl (C=O) groups excluding carboxylic acids is 2. The van der Waals surface area contributed by atoms with Crippen molar-refractivity contribution in [2.75, 3.05) is 26.1 Å². The number of ether oxygens (including phenoxy) is 2. The highest BCUT2D eigenvalue weighted by atomic mass is 32.1. The zero-order valence-corrected chi connectivity index (χ0v) is 8.96. The number of carbonyl (C=O) groups is 2. The number of aromatic nitrogens is 2. The van der Waals surface area contributed by atoms with Gasteiger partial charge >= 0.3 is 5.97 Å². The van der Waals surface area contributed by atoms with Crippen molar-refractivity contribution >= 4 is 28.5 Å². The predicted octanol–water partition coefficient (Wildman–Crippen LogP) is -0.0904. The summed E-state index contributed by atoms with van der Waals surface area (Å²) in [5.74, 6) is -1.07. The third-order valence-electron chi connectivity index (χ3n) is 1.32. The minimum absolute atomic E-state index is 0.0739. The van der Waals surface area contributed by atoms with E-state index in [1.807, 2.05) is 0 Å². The van der Waals surface area contributed by atoms with Crippen LogP contribution in [0.3, 0.4) is 0 Å². The number of hydrogen-bond acceptors (Lipinski definition) is 7. The van der Waals surface area contributed by atoms with Crippen LogP contribution in [0.1, 0.15) is 10.6 Å². The molecule has 1 heterocycles. The van der Waals surface area contributed by atoms with Crippen LogP contribution in [-0.2, 0) is 14.3 Å². The Morgan fingerprint density at radius 2 is 2.20 bits per heavy atom. The molecule has 0 bridgehead atoms. The van der Waals surface area contributed by atoms with Gasteiger partial charge in [-0.15, -0.1) is 0 Å². The Kier molecular flexibility index (Phi) is 4.13. The topological polar surface area (TPSA) is 90.4 Å². The second-order valence-corrected chi connectivity index (χ2v) is 3.15. The number of methoxy groups -OCH3 is 2. The molecule has 0 spiro atoms. The lowest BCUT2D eigenvalue weighted by molar-refractivity contribution is -0.119. The van der Waals surface area contributed by atoms with E-state index in [2.05, 4.69) is 24.1 Å². The molecule has 8 heteroatoms. The van der Waals surface area contributed by atoms with Gasteiger partial charge in [0.2, 0.25) is 5.13 Å². The average molecular weight is 231 g/mol. The van der Waals surface area contributed by atoms with E-state index in [1.165, 1.54) is 14.2 Å². The zero-order valence-electron chi connectivity index (χ0n) is 8.14. The molecular formula is C7H9N3O4S. The van der Waals surface area contributed by atoms with Gasteiger partial charge in [-0.1, -0.05) is 0 Å². The predicted molar refractivity (Wildman–Crippen MR) is 51.8 cm³/mol. The molecule has 82 valence electrons. The van der Waals surface area contributed by atoms with Crippen LogP contribution in [0.15, 0.2) is 0 Å². The molecule has 0 saturated carbocycles. The molecule has 0 fully saturated rings. The highest BCUT2D eigenvalue weighted by Gasteiger charge is 2.13. The van der Waals surface area contributed by atoms with Gasteiger partial charge in [0, 0.05) is 18.6 Å². The van der Waals surface area contributed by atoms with Crippen molar-refractivity contribution in [1.29, 1.82) is 0 Å². The highest BCUT2D eigenvalue weighted by molar-refractivity contribution is 7.10. The number of amides is 1. The molecule has 0 aliphatic heterocycles. The van der Waals surface area contributed by atoms with E-state index in [1.54, 1.807) is 0 Å². The fraction of sp³-hybridized carbons (Fsp3) is 0.429. The maximum absolute atomic E-state index is 11.0. The first-order valence-corrected chi connectivity index (χ1v) is 4.65. The van der Waals surface area contributed by atoms with E-state index in [0.29, 0.717) is 0 Å². The summed E-state index contributed by atoms with van der Waals surface area (Å²) >= 11 is 0.898. The Bertz CT molecular complexity index is 365. The maximum atomic E-state index is 11.0. The standard InChI is InChI=1S/C7H9N3O4S/c1-13-3-4(11)8-7-9-5(10-15-7)6(12)14-2/h3H2,1-2H3,(H,8,9,10,11). The van der Waals surface area contributed by atoms with Gasteiger partial charge in [-0.05, 0) is 0 Å². The lowest BCUT2D eigenvalue weighted by Gasteiger charge is -1.97. The van der Waals surface area contributed by atoms with Crippen LogP contribution in [0.25, 0.3) is 0 Å². The van der Waals surface area contributed by atoms with Crippen molar-refractivity contribution in [3.05, 3.63) is 5.82 Å². The third kappa shape index (κ3) is 3.26. The summed E-state index contributed by atoms with van der Waals surface area (Å²) in [6.45, 7) is -0.0763. The summed E-state index contributed by atoms with van der Waals surface area (Å²) in [4.78, 5) is 25.8. The Balaban J connectivity index is 2.60. The molecule has 15 heavy (non-hydrogen) atoms. The van der Waals surface area contributed by atoms with Crippen LogP contribution in [0.2, 0.25) is 0 Å². The average Bonchev–Trinajstić information content (AvgIpc) is 2.65. The monoisotopic (exact) mass is 231 g/mol. The lowest BCUT2D eigenvalue weighted by Crippen LogP contribution is -2.17. The normalized spacial score (nSPS) is 9.73. The lowest BCUT2D eigenvalue weighted by atomic mass is 10.6. The Morgan fingerprint density at radius 3 is 2.80 bits per heavy atom. The van der Waals surface area contributed by atoms with Gasteiger partial charge in [-0.3, -0.25) is 10.1 Å². The molecule has 0 aliphatic carbocycles. The molecule has 0 radical (unpaired) electrons. The largest absolute Gasteiger partial charge is 0.463 e. The number of esters is 1. The van der Waals surface area contributed by atoms with E-state index >= 15 is 0 Å². The molecule has 0 saturated heterocycles. The Labute approximate surface area is 89.6 Å². The van der Waals surface area contributed by atoms with Crippen molar-refractivity contribution in [2.45, 2.75) is 0 Å². The quantitative estimate of drug-likeness (QED) is 0.728. The molecule has 0 aliphatic rings. The number of anilines is 1. The van der Waals surface area contributed by atoms with Crippen molar-refractivity contribution < 1.29 is 19.1 Å². The Hall–Kier alpha value is -1.54. The van der Waals surface area contributed by atoms with Crippen LogP contribution in [0.5, 0.6) is 0 Å². The van der Waals surface area contributed by atoms with Gasteiger partial charge in [-0.2, -0.15) is 9.36 Å². The fourth-order valence-corrected chi connectivity index (χ4v) is 1.31. The molecular weight excluding hydrogens is 222 g/mol. The fourth-order valence-electron chi connectivity index (χ4n) is 0.735. The van der Waals surface area contributed by atoms with Gasteiger partial charge in [0.05, 0.1) is 7.11 Å². The molecule has 1 amide bonds. The van der Waals surface area contributed by atoms with Crippen molar-refractivity contribution in [3.8, 4) is 0 Å². The van der Waals surface area contributed by atoms with Crippen LogP contribution in [0, 0.1) is 0 Å². The number of hydrogen-bond donors (Lipinski definition) is 1. The van der Waals surface area contributed by atoms with E-state index in [-0.39, 0.29) is 23.5 Å². The summed E-state index contributed by atoms with van der Waals surface area (Å²) in [6.07, 6.45) is 0. The SMILES string of the molecule is COCC(=O)Nc1nc(C(=O)OC)ns1. The van der Waals surface area contributed by atoms with E-state index in [4.69, 9.17) is 0 Å². The van der Waals surface area contributed by atoms with Gasteiger partial charge in [0.1, 0.15) is 6.61 Å². The second kappa shape index (κ2) is 5.37. The molecule has 1 aromatic rings. The minimum Gasteiger partial charge on any atom is -0.463 e. The van der Waals surface area contributed by atoms with Gasteiger partial charge in [0.15, 0.2) is 0 Å². The maximum Gasteiger partial charge on any atom is 0.377 e. The van der Waals surface area contributed by atoms with Crippen LogP contribution in [0.4, 0.5) is 5.13 Å². The molecule has 0 aromatic carbocycles. The first kappa shape index (κ1) is 11.5. The highest BCUT2D eigenvalue weighted by Crippen LogP contribution is 2.11. The number of nitrogens with zero attached hydrogens (tertiary/aromatic N) is 2. The van der Waals surface area contributed by atoms with E-state index in [0.717, 1.165) is 11.5 Å². The van der Waals surface area contributed by atoms with Gasteiger partial charge < -0.3 is 9.47 Å². The summed E-state index contributed by atoms with van der Waals surface area (Å²) in [5.41, 5.74) is 0. The minimum atomic E-state index is -0.640. The van der Waals surface area contributed by atoms with E-state index < -0.39 is 5.97 Å². The van der Waals surface area contributed by atoms with Crippen LogP contribution >= 0.6 is 11.5 Å².